The van der Waals surface area contributed by atoms with Crippen LogP contribution < -0.4 is 10.6 Å². The van der Waals surface area contributed by atoms with E-state index in [4.69, 9.17) is 11.6 Å². The van der Waals surface area contributed by atoms with Crippen molar-refractivity contribution in [1.29, 1.82) is 0 Å². The van der Waals surface area contributed by atoms with E-state index in [0.29, 0.717) is 5.56 Å². The zero-order valence-corrected chi connectivity index (χ0v) is 14.8. The molecule has 3 N–H and O–H groups in total. The van der Waals surface area contributed by atoms with Crippen molar-refractivity contribution in [1.82, 2.24) is 5.32 Å². The zero-order chi connectivity index (χ0) is 19.4. The van der Waals surface area contributed by atoms with Gasteiger partial charge in [-0.1, -0.05) is 54.1 Å². The van der Waals surface area contributed by atoms with E-state index in [9.17, 15) is 19.1 Å². The molecule has 0 fully saturated rings. The number of carbonyl (C=O) groups excluding carboxylic acids is 2. The van der Waals surface area contributed by atoms with Gasteiger partial charge in [-0.15, -0.1) is 0 Å². The molecule has 0 heterocycles. The third-order valence-corrected chi connectivity index (χ3v) is 4.31. The van der Waals surface area contributed by atoms with Gasteiger partial charge in [-0.2, -0.15) is 0 Å². The lowest BCUT2D eigenvalue weighted by Gasteiger charge is -2.14. The van der Waals surface area contributed by atoms with E-state index < -0.39 is 23.7 Å². The number of amides is 2. The maximum atomic E-state index is 13.1. The van der Waals surface area contributed by atoms with E-state index in [-0.39, 0.29) is 17.3 Å². The molecule has 0 spiro atoms. The largest absolute Gasteiger partial charge is 0.387 e. The monoisotopic (exact) mass is 386 g/mol. The molecule has 0 saturated carbocycles. The molecule has 7 heteroatoms. The summed E-state index contributed by atoms with van der Waals surface area (Å²) in [6.07, 6.45) is -0.979. The minimum Gasteiger partial charge on any atom is -0.387 e. The van der Waals surface area contributed by atoms with Crippen molar-refractivity contribution < 1.29 is 19.1 Å². The lowest BCUT2D eigenvalue weighted by molar-refractivity contribution is -0.136. The summed E-state index contributed by atoms with van der Waals surface area (Å²) in [6, 6.07) is 16.6. The summed E-state index contributed by atoms with van der Waals surface area (Å²) in [7, 11) is 0. The number of nitrogens with one attached hydrogen (secondary N) is 2. The molecule has 0 saturated heterocycles. The summed E-state index contributed by atoms with van der Waals surface area (Å²) in [6.45, 7) is -0.134. The molecule has 0 unspecified atom stereocenters. The smallest absolute Gasteiger partial charge is 0.313 e. The van der Waals surface area contributed by atoms with E-state index in [1.165, 1.54) is 12.1 Å². The number of rotatable bonds is 4. The zero-order valence-electron chi connectivity index (χ0n) is 14.1. The summed E-state index contributed by atoms with van der Waals surface area (Å²) < 4.78 is 13.1. The number of halogens is 2. The SMILES string of the molecule is O=C(NC[C@@H](O)c1cccc2ccccc12)C(=O)Nc1ccc(F)c(Cl)c1. The number of benzene rings is 3. The number of hydrogen-bond acceptors (Lipinski definition) is 3. The van der Waals surface area contributed by atoms with Gasteiger partial charge in [0.15, 0.2) is 0 Å². The van der Waals surface area contributed by atoms with Crippen LogP contribution in [0, 0.1) is 5.82 Å². The van der Waals surface area contributed by atoms with Gasteiger partial charge in [0, 0.05) is 12.2 Å². The molecule has 0 aliphatic rings. The van der Waals surface area contributed by atoms with Crippen LogP contribution in [-0.4, -0.2) is 23.5 Å². The Kier molecular flexibility index (Phi) is 5.69. The fourth-order valence-corrected chi connectivity index (χ4v) is 2.86. The maximum Gasteiger partial charge on any atom is 0.313 e. The van der Waals surface area contributed by atoms with Gasteiger partial charge in [0.2, 0.25) is 0 Å². The second-order valence-electron chi connectivity index (χ2n) is 5.88. The first-order chi connectivity index (χ1) is 13.0. The molecule has 0 aliphatic heterocycles. The highest BCUT2D eigenvalue weighted by Crippen LogP contribution is 2.24. The fourth-order valence-electron chi connectivity index (χ4n) is 2.68. The van der Waals surface area contributed by atoms with Crippen molar-refractivity contribution in [3.63, 3.8) is 0 Å². The molecule has 0 aliphatic carbocycles. The second kappa shape index (κ2) is 8.16. The Labute approximate surface area is 159 Å². The van der Waals surface area contributed by atoms with Crippen LogP contribution in [0.25, 0.3) is 10.8 Å². The van der Waals surface area contributed by atoms with E-state index in [2.05, 4.69) is 10.6 Å². The Morgan fingerprint density at radius 2 is 1.78 bits per heavy atom. The molecule has 1 atom stereocenters. The number of aliphatic hydroxyl groups excluding tert-OH is 1. The van der Waals surface area contributed by atoms with E-state index in [1.54, 1.807) is 6.07 Å². The molecule has 3 aromatic rings. The van der Waals surface area contributed by atoms with Crippen LogP contribution in [0.2, 0.25) is 5.02 Å². The third kappa shape index (κ3) is 4.42. The van der Waals surface area contributed by atoms with Crippen molar-refractivity contribution in [2.24, 2.45) is 0 Å². The average molecular weight is 387 g/mol. The molecular weight excluding hydrogens is 371 g/mol. The van der Waals surface area contributed by atoms with Crippen molar-refractivity contribution in [2.45, 2.75) is 6.10 Å². The summed E-state index contributed by atoms with van der Waals surface area (Å²) in [5.41, 5.74) is 0.843. The molecule has 3 aromatic carbocycles. The summed E-state index contributed by atoms with van der Waals surface area (Å²) in [5.74, 6) is -2.49. The summed E-state index contributed by atoms with van der Waals surface area (Å²) >= 11 is 5.64. The first kappa shape index (κ1) is 18.8. The molecule has 0 bridgehead atoms. The van der Waals surface area contributed by atoms with Crippen LogP contribution >= 0.6 is 11.6 Å². The van der Waals surface area contributed by atoms with Crippen molar-refractivity contribution >= 4 is 39.9 Å². The first-order valence-corrected chi connectivity index (χ1v) is 8.53. The average Bonchev–Trinajstić information content (AvgIpc) is 2.68. The number of fused-ring (bicyclic) bond motifs is 1. The van der Waals surface area contributed by atoms with Crippen LogP contribution in [0.3, 0.4) is 0 Å². The predicted molar refractivity (Wildman–Crippen MR) is 102 cm³/mol. The van der Waals surface area contributed by atoms with Gasteiger partial charge >= 0.3 is 11.8 Å². The Balaban J connectivity index is 1.62. The predicted octanol–water partition coefficient (Wildman–Crippen LogP) is 3.42. The van der Waals surface area contributed by atoms with Crippen molar-refractivity contribution in [3.8, 4) is 0 Å². The third-order valence-electron chi connectivity index (χ3n) is 4.02. The van der Waals surface area contributed by atoms with Gasteiger partial charge in [0.25, 0.3) is 0 Å². The van der Waals surface area contributed by atoms with Gasteiger partial charge in [0.05, 0.1) is 11.1 Å². The Morgan fingerprint density at radius 3 is 2.56 bits per heavy atom. The fraction of sp³-hybridized carbons (Fsp3) is 0.100. The summed E-state index contributed by atoms with van der Waals surface area (Å²) in [4.78, 5) is 23.9. The molecule has 27 heavy (non-hydrogen) atoms. The van der Waals surface area contributed by atoms with Gasteiger partial charge in [-0.3, -0.25) is 9.59 Å². The van der Waals surface area contributed by atoms with Gasteiger partial charge in [-0.05, 0) is 34.5 Å². The highest BCUT2D eigenvalue weighted by molar-refractivity contribution is 6.39. The molecule has 2 amide bonds. The lowest BCUT2D eigenvalue weighted by Crippen LogP contribution is -2.37. The first-order valence-electron chi connectivity index (χ1n) is 8.15. The quantitative estimate of drug-likeness (QED) is 0.601. The van der Waals surface area contributed by atoms with Crippen LogP contribution in [0.1, 0.15) is 11.7 Å². The Bertz CT molecular complexity index is 1000. The van der Waals surface area contributed by atoms with Crippen LogP contribution in [-0.2, 0) is 9.59 Å². The van der Waals surface area contributed by atoms with Crippen molar-refractivity contribution in [2.75, 3.05) is 11.9 Å². The molecule has 138 valence electrons. The number of aliphatic hydroxyl groups is 1. The molecule has 5 nitrogen and oxygen atoms in total. The number of hydrogen-bond donors (Lipinski definition) is 3. The van der Waals surface area contributed by atoms with Crippen LogP contribution in [0.5, 0.6) is 0 Å². The summed E-state index contributed by atoms with van der Waals surface area (Å²) in [5, 5.41) is 16.8. The highest BCUT2D eigenvalue weighted by atomic mass is 35.5. The minimum absolute atomic E-state index is 0.134. The number of anilines is 1. The van der Waals surface area contributed by atoms with Gasteiger partial charge in [0.1, 0.15) is 5.82 Å². The van der Waals surface area contributed by atoms with E-state index >= 15 is 0 Å². The topological polar surface area (TPSA) is 78.4 Å². The van der Waals surface area contributed by atoms with E-state index in [1.807, 2.05) is 36.4 Å². The lowest BCUT2D eigenvalue weighted by atomic mass is 10.0. The molecular formula is C20H16ClFN2O3. The molecule has 0 radical (unpaired) electrons. The standard InChI is InChI=1S/C20H16ClFN2O3/c21-16-10-13(8-9-17(16)22)24-20(27)19(26)23-11-18(25)15-7-3-5-12-4-1-2-6-14(12)15/h1-10,18,25H,11H2,(H,23,26)(H,24,27)/t18-/m1/s1. The van der Waals surface area contributed by atoms with Crippen molar-refractivity contribution in [3.05, 3.63) is 77.1 Å². The normalized spacial score (nSPS) is 11.8. The van der Waals surface area contributed by atoms with E-state index in [0.717, 1.165) is 16.8 Å². The van der Waals surface area contributed by atoms with Crippen LogP contribution in [0.15, 0.2) is 60.7 Å². The van der Waals surface area contributed by atoms with Gasteiger partial charge < -0.3 is 15.7 Å². The number of carbonyl (C=O) groups is 2. The highest BCUT2D eigenvalue weighted by Gasteiger charge is 2.17. The molecule has 0 aromatic heterocycles. The Morgan fingerprint density at radius 1 is 1.04 bits per heavy atom. The maximum absolute atomic E-state index is 13.1. The molecule has 3 rings (SSSR count). The Hall–Kier alpha value is -2.96. The minimum atomic E-state index is -0.979. The van der Waals surface area contributed by atoms with Crippen LogP contribution in [0.4, 0.5) is 10.1 Å². The van der Waals surface area contributed by atoms with Gasteiger partial charge in [-0.25, -0.2) is 4.39 Å². The second-order valence-corrected chi connectivity index (χ2v) is 6.28.